The van der Waals surface area contributed by atoms with Crippen LogP contribution in [0.25, 0.3) is 0 Å². The van der Waals surface area contributed by atoms with E-state index < -0.39 is 0 Å². The van der Waals surface area contributed by atoms with Crippen LogP contribution in [0.4, 0.5) is 0 Å². The Hall–Kier alpha value is -2.09. The molecule has 3 atom stereocenters. The quantitative estimate of drug-likeness (QED) is 0.498. The minimum absolute atomic E-state index is 0.0162. The van der Waals surface area contributed by atoms with Crippen LogP contribution in [0.1, 0.15) is 118 Å². The van der Waals surface area contributed by atoms with E-state index in [0.29, 0.717) is 12.5 Å². The summed E-state index contributed by atoms with van der Waals surface area (Å²) < 4.78 is 0. The molecule has 2 aliphatic carbocycles. The summed E-state index contributed by atoms with van der Waals surface area (Å²) in [7, 11) is 0. The van der Waals surface area contributed by atoms with E-state index in [1.807, 2.05) is 27.7 Å². The lowest BCUT2D eigenvalue weighted by atomic mass is 9.65. The van der Waals surface area contributed by atoms with Crippen molar-refractivity contribution in [1.29, 1.82) is 0 Å². The van der Waals surface area contributed by atoms with Gasteiger partial charge in [-0.2, -0.15) is 0 Å². The molecule has 2 nitrogen and oxygen atoms in total. The van der Waals surface area contributed by atoms with Gasteiger partial charge >= 0.3 is 0 Å². The van der Waals surface area contributed by atoms with Crippen LogP contribution in [0.3, 0.4) is 0 Å². The summed E-state index contributed by atoms with van der Waals surface area (Å²) in [4.78, 5) is 13.7. The number of amides is 1. The summed E-state index contributed by atoms with van der Waals surface area (Å²) >= 11 is 0. The maximum absolute atomic E-state index is 13.7. The first-order valence-electron chi connectivity index (χ1n) is 13.4. The zero-order valence-electron chi connectivity index (χ0n) is 22.5. The Labute approximate surface area is 203 Å². The summed E-state index contributed by atoms with van der Waals surface area (Å²) in [6, 6.07) is 13.2. The first-order chi connectivity index (χ1) is 16.0. The van der Waals surface area contributed by atoms with Crippen LogP contribution in [-0.2, 0) is 11.3 Å². The monoisotopic (exact) mass is 449 g/mol. The zero-order valence-corrected chi connectivity index (χ0v) is 22.5. The van der Waals surface area contributed by atoms with E-state index in [1.54, 1.807) is 0 Å². The minimum atomic E-state index is -0.0162. The van der Waals surface area contributed by atoms with Gasteiger partial charge in [-0.3, -0.25) is 4.79 Å². The molecular formula is C31H47NO. The van der Waals surface area contributed by atoms with E-state index in [-0.39, 0.29) is 17.2 Å². The molecule has 1 fully saturated rings. The molecule has 33 heavy (non-hydrogen) atoms. The SMILES string of the molecule is CC.CC.CC[C@]12CCCCCC1c1cccc(C)c1C2C(=O)NCc1ccc(C)cc1C. The molecule has 1 saturated carbocycles. The van der Waals surface area contributed by atoms with Crippen LogP contribution in [0.5, 0.6) is 0 Å². The van der Waals surface area contributed by atoms with E-state index >= 15 is 0 Å². The van der Waals surface area contributed by atoms with Crippen LogP contribution in [-0.4, -0.2) is 5.91 Å². The zero-order chi connectivity index (χ0) is 24.6. The Balaban J connectivity index is 0.000000914. The van der Waals surface area contributed by atoms with Crippen LogP contribution in [0.2, 0.25) is 0 Å². The van der Waals surface area contributed by atoms with Gasteiger partial charge in [0.1, 0.15) is 0 Å². The molecule has 2 unspecified atom stereocenters. The Morgan fingerprint density at radius 2 is 1.70 bits per heavy atom. The lowest BCUT2D eigenvalue weighted by Crippen LogP contribution is -2.39. The number of nitrogens with one attached hydrogen (secondary N) is 1. The lowest BCUT2D eigenvalue weighted by Gasteiger charge is -2.39. The average Bonchev–Trinajstić information content (AvgIpc) is 2.95. The van der Waals surface area contributed by atoms with Gasteiger partial charge < -0.3 is 5.32 Å². The molecule has 0 aromatic heterocycles. The van der Waals surface area contributed by atoms with Gasteiger partial charge in [0.25, 0.3) is 0 Å². The molecule has 2 aromatic carbocycles. The molecule has 1 N–H and O–H groups in total. The van der Waals surface area contributed by atoms with Crippen molar-refractivity contribution in [3.63, 3.8) is 0 Å². The van der Waals surface area contributed by atoms with Gasteiger partial charge in [-0.1, -0.05) is 95.8 Å². The van der Waals surface area contributed by atoms with E-state index in [4.69, 9.17) is 0 Å². The number of fused-ring (bicyclic) bond motifs is 3. The molecular weight excluding hydrogens is 402 g/mol. The number of hydrogen-bond donors (Lipinski definition) is 1. The maximum Gasteiger partial charge on any atom is 0.228 e. The van der Waals surface area contributed by atoms with Gasteiger partial charge in [0, 0.05) is 6.54 Å². The molecule has 4 rings (SSSR count). The smallest absolute Gasteiger partial charge is 0.228 e. The molecule has 0 saturated heterocycles. The van der Waals surface area contributed by atoms with Crippen molar-refractivity contribution >= 4 is 5.91 Å². The van der Waals surface area contributed by atoms with E-state index in [9.17, 15) is 4.79 Å². The minimum Gasteiger partial charge on any atom is -0.351 e. The predicted octanol–water partition coefficient (Wildman–Crippen LogP) is 8.52. The Morgan fingerprint density at radius 1 is 0.970 bits per heavy atom. The summed E-state index contributed by atoms with van der Waals surface area (Å²) in [5.74, 6) is 0.742. The van der Waals surface area contributed by atoms with E-state index in [2.05, 4.69) is 69.4 Å². The van der Waals surface area contributed by atoms with Gasteiger partial charge in [-0.25, -0.2) is 0 Å². The molecule has 0 radical (unpaired) electrons. The van der Waals surface area contributed by atoms with Gasteiger partial charge in [0.2, 0.25) is 5.91 Å². The van der Waals surface area contributed by atoms with Crippen molar-refractivity contribution in [2.24, 2.45) is 5.41 Å². The van der Waals surface area contributed by atoms with Crippen molar-refractivity contribution in [3.05, 3.63) is 69.8 Å². The molecule has 0 bridgehead atoms. The molecule has 2 heteroatoms. The second kappa shape index (κ2) is 12.4. The number of rotatable bonds is 4. The summed E-state index contributed by atoms with van der Waals surface area (Å²) in [6.45, 7) is 17.4. The number of hydrogen-bond acceptors (Lipinski definition) is 1. The molecule has 0 spiro atoms. The third kappa shape index (κ3) is 5.36. The summed E-state index contributed by atoms with van der Waals surface area (Å²) in [5, 5.41) is 3.34. The van der Waals surface area contributed by atoms with Crippen molar-refractivity contribution in [3.8, 4) is 0 Å². The first kappa shape index (κ1) is 27.2. The fraction of sp³-hybridized carbons (Fsp3) is 0.581. The van der Waals surface area contributed by atoms with Crippen LogP contribution >= 0.6 is 0 Å². The van der Waals surface area contributed by atoms with Gasteiger partial charge in [0.05, 0.1) is 5.92 Å². The molecule has 2 aromatic rings. The molecule has 182 valence electrons. The van der Waals surface area contributed by atoms with Gasteiger partial charge in [-0.15, -0.1) is 0 Å². The predicted molar refractivity (Wildman–Crippen MR) is 143 cm³/mol. The highest BCUT2D eigenvalue weighted by molar-refractivity contribution is 5.87. The highest BCUT2D eigenvalue weighted by Gasteiger charge is 2.55. The Kier molecular flexibility index (Phi) is 10.2. The number of aryl methyl sites for hydroxylation is 3. The summed E-state index contributed by atoms with van der Waals surface area (Å²) in [5.41, 5.74) is 7.90. The Bertz CT molecular complexity index is 915. The van der Waals surface area contributed by atoms with Crippen molar-refractivity contribution in [2.75, 3.05) is 0 Å². The second-order valence-electron chi connectivity index (χ2n) is 9.40. The van der Waals surface area contributed by atoms with Crippen molar-refractivity contribution < 1.29 is 4.79 Å². The fourth-order valence-electron chi connectivity index (χ4n) is 6.29. The van der Waals surface area contributed by atoms with Crippen LogP contribution < -0.4 is 5.32 Å². The van der Waals surface area contributed by atoms with Crippen LogP contribution in [0, 0.1) is 26.2 Å². The molecule has 0 aliphatic heterocycles. The highest BCUT2D eigenvalue weighted by atomic mass is 16.1. The third-order valence-electron chi connectivity index (χ3n) is 7.80. The van der Waals surface area contributed by atoms with E-state index in [0.717, 1.165) is 6.42 Å². The normalized spacial score (nSPS) is 23.0. The largest absolute Gasteiger partial charge is 0.351 e. The van der Waals surface area contributed by atoms with Crippen LogP contribution in [0.15, 0.2) is 36.4 Å². The third-order valence-corrected chi connectivity index (χ3v) is 7.80. The Morgan fingerprint density at radius 3 is 2.36 bits per heavy atom. The topological polar surface area (TPSA) is 29.1 Å². The second-order valence-corrected chi connectivity index (χ2v) is 9.40. The highest BCUT2D eigenvalue weighted by Crippen LogP contribution is 2.63. The lowest BCUT2D eigenvalue weighted by molar-refractivity contribution is -0.126. The standard InChI is InChI=1S/C27H35NO.2C2H6/c1-5-27-15-8-6-7-12-23(27)22-11-9-10-19(3)24(22)25(27)26(29)28-17-21-14-13-18(2)16-20(21)4;2*1-2/h9-11,13-14,16,23,25H,5-8,12,15,17H2,1-4H3,(H,28,29);2*1-2H3/t23?,25?,27-;;/m0../s1. The number of carbonyl (C=O) groups excluding carboxylic acids is 1. The number of benzene rings is 2. The van der Waals surface area contributed by atoms with Gasteiger partial charge in [0.15, 0.2) is 0 Å². The molecule has 1 amide bonds. The first-order valence-corrected chi connectivity index (χ1v) is 13.4. The fourth-order valence-corrected chi connectivity index (χ4v) is 6.29. The van der Waals surface area contributed by atoms with Crippen molar-refractivity contribution in [1.82, 2.24) is 5.32 Å². The molecule has 0 heterocycles. The van der Waals surface area contributed by atoms with E-state index in [1.165, 1.54) is 65.5 Å². The summed E-state index contributed by atoms with van der Waals surface area (Å²) in [6.07, 6.45) is 7.31. The average molecular weight is 450 g/mol. The molecule has 2 aliphatic rings. The number of carbonyl (C=O) groups is 1. The van der Waals surface area contributed by atoms with Gasteiger partial charge in [-0.05, 0) is 79.2 Å². The van der Waals surface area contributed by atoms with Crippen molar-refractivity contribution in [2.45, 2.75) is 112 Å². The maximum atomic E-state index is 13.7.